The molecule has 0 atom stereocenters. The highest BCUT2D eigenvalue weighted by atomic mass is 35.5. The van der Waals surface area contributed by atoms with Gasteiger partial charge in [-0.1, -0.05) is 23.7 Å². The average molecular weight is 303 g/mol. The van der Waals surface area contributed by atoms with Crippen molar-refractivity contribution in [3.8, 4) is 11.5 Å². The van der Waals surface area contributed by atoms with E-state index in [4.69, 9.17) is 21.1 Å². The number of benzene rings is 2. The first-order chi connectivity index (χ1) is 10.2. The lowest BCUT2D eigenvalue weighted by atomic mass is 10.2. The molecular weight excluding hydrogens is 292 g/mol. The van der Waals surface area contributed by atoms with E-state index in [-0.39, 0.29) is 12.7 Å². The standard InChI is InChI=1S/C15H11ClN2O3/c16-12-4-1-10(2-5-12)8-17-18-15(19)11-3-6-13-14(7-11)21-9-20-13/h1-8H,9H2,(H,18,19)/b17-8+. The van der Waals surface area contributed by atoms with Crippen LogP contribution in [0.3, 0.4) is 0 Å². The van der Waals surface area contributed by atoms with Crippen LogP contribution in [0.5, 0.6) is 11.5 Å². The summed E-state index contributed by atoms with van der Waals surface area (Å²) in [6.45, 7) is 0.176. The summed E-state index contributed by atoms with van der Waals surface area (Å²) in [5, 5.41) is 4.55. The van der Waals surface area contributed by atoms with Crippen LogP contribution in [0.25, 0.3) is 0 Å². The topological polar surface area (TPSA) is 59.9 Å². The second-order valence-corrected chi connectivity index (χ2v) is 4.76. The quantitative estimate of drug-likeness (QED) is 0.700. The van der Waals surface area contributed by atoms with Crippen molar-refractivity contribution >= 4 is 23.7 Å². The maximum absolute atomic E-state index is 11.9. The Morgan fingerprint density at radius 3 is 2.71 bits per heavy atom. The van der Waals surface area contributed by atoms with Crippen LogP contribution in [0.15, 0.2) is 47.6 Å². The van der Waals surface area contributed by atoms with Gasteiger partial charge < -0.3 is 9.47 Å². The number of rotatable bonds is 3. The van der Waals surface area contributed by atoms with E-state index in [9.17, 15) is 4.79 Å². The molecule has 106 valence electrons. The molecule has 1 aliphatic rings. The second-order valence-electron chi connectivity index (χ2n) is 4.32. The fraction of sp³-hybridized carbons (Fsp3) is 0.0667. The summed E-state index contributed by atoms with van der Waals surface area (Å²) in [6.07, 6.45) is 1.54. The SMILES string of the molecule is O=C(N/N=C/c1ccc(Cl)cc1)c1ccc2c(c1)OCO2. The summed E-state index contributed by atoms with van der Waals surface area (Å²) in [5.74, 6) is 0.874. The van der Waals surface area contributed by atoms with Gasteiger partial charge in [0.15, 0.2) is 11.5 Å². The van der Waals surface area contributed by atoms with Gasteiger partial charge in [0, 0.05) is 10.6 Å². The summed E-state index contributed by atoms with van der Waals surface area (Å²) in [4.78, 5) is 11.9. The van der Waals surface area contributed by atoms with Gasteiger partial charge in [0.2, 0.25) is 6.79 Å². The number of carbonyl (C=O) groups excluding carboxylic acids is 1. The largest absolute Gasteiger partial charge is 0.454 e. The molecule has 1 amide bonds. The zero-order valence-corrected chi connectivity index (χ0v) is 11.6. The first-order valence-electron chi connectivity index (χ1n) is 6.21. The van der Waals surface area contributed by atoms with E-state index >= 15 is 0 Å². The summed E-state index contributed by atoms with van der Waals surface area (Å²) in [5.41, 5.74) is 3.74. The van der Waals surface area contributed by atoms with Crippen molar-refractivity contribution < 1.29 is 14.3 Å². The van der Waals surface area contributed by atoms with Gasteiger partial charge in [-0.25, -0.2) is 5.43 Å². The lowest BCUT2D eigenvalue weighted by molar-refractivity contribution is 0.0954. The Kier molecular flexibility index (Phi) is 3.75. The van der Waals surface area contributed by atoms with E-state index in [1.165, 1.54) is 0 Å². The maximum Gasteiger partial charge on any atom is 0.271 e. The highest BCUT2D eigenvalue weighted by molar-refractivity contribution is 6.30. The Bertz CT molecular complexity index is 699. The van der Waals surface area contributed by atoms with Gasteiger partial charge in [-0.3, -0.25) is 4.79 Å². The molecule has 1 aliphatic heterocycles. The molecule has 21 heavy (non-hydrogen) atoms. The van der Waals surface area contributed by atoms with Gasteiger partial charge in [0.25, 0.3) is 5.91 Å². The first kappa shape index (κ1) is 13.5. The molecule has 0 bridgehead atoms. The smallest absolute Gasteiger partial charge is 0.271 e. The predicted molar refractivity (Wildman–Crippen MR) is 79.1 cm³/mol. The van der Waals surface area contributed by atoms with Gasteiger partial charge in [-0.15, -0.1) is 0 Å². The summed E-state index contributed by atoms with van der Waals surface area (Å²) in [7, 11) is 0. The predicted octanol–water partition coefficient (Wildman–Crippen LogP) is 2.83. The molecule has 5 nitrogen and oxygen atoms in total. The average Bonchev–Trinajstić information content (AvgIpc) is 2.96. The molecule has 0 aliphatic carbocycles. The number of hydrazone groups is 1. The first-order valence-corrected chi connectivity index (χ1v) is 6.59. The van der Waals surface area contributed by atoms with Crippen LogP contribution in [0, 0.1) is 0 Å². The number of nitrogens with zero attached hydrogens (tertiary/aromatic N) is 1. The molecule has 0 unspecified atom stereocenters. The minimum Gasteiger partial charge on any atom is -0.454 e. The lowest BCUT2D eigenvalue weighted by Crippen LogP contribution is -2.17. The van der Waals surface area contributed by atoms with E-state index in [2.05, 4.69) is 10.5 Å². The molecule has 0 spiro atoms. The van der Waals surface area contributed by atoms with Crippen LogP contribution < -0.4 is 14.9 Å². The normalized spacial score (nSPS) is 12.6. The monoisotopic (exact) mass is 302 g/mol. The van der Waals surface area contributed by atoms with Gasteiger partial charge in [0.1, 0.15) is 0 Å². The van der Waals surface area contributed by atoms with Crippen molar-refractivity contribution in [2.24, 2.45) is 5.10 Å². The number of fused-ring (bicyclic) bond motifs is 1. The van der Waals surface area contributed by atoms with Crippen LogP contribution >= 0.6 is 11.6 Å². The minimum absolute atomic E-state index is 0.176. The number of hydrogen-bond donors (Lipinski definition) is 1. The van der Waals surface area contributed by atoms with E-state index in [0.29, 0.717) is 22.1 Å². The van der Waals surface area contributed by atoms with Crippen molar-refractivity contribution in [3.05, 3.63) is 58.6 Å². The minimum atomic E-state index is -0.321. The Labute approximate surface area is 126 Å². The molecule has 6 heteroatoms. The lowest BCUT2D eigenvalue weighted by Gasteiger charge is -2.01. The number of carbonyl (C=O) groups is 1. The molecule has 3 rings (SSSR count). The van der Waals surface area contributed by atoms with Gasteiger partial charge in [-0.2, -0.15) is 5.10 Å². The third kappa shape index (κ3) is 3.14. The summed E-state index contributed by atoms with van der Waals surface area (Å²) < 4.78 is 10.4. The third-order valence-electron chi connectivity index (χ3n) is 2.88. The summed E-state index contributed by atoms with van der Waals surface area (Å²) >= 11 is 5.79. The van der Waals surface area contributed by atoms with Crippen LogP contribution in [0.2, 0.25) is 5.02 Å². The fourth-order valence-corrected chi connectivity index (χ4v) is 1.94. The molecule has 1 heterocycles. The van der Waals surface area contributed by atoms with E-state index in [1.807, 2.05) is 0 Å². The van der Waals surface area contributed by atoms with Gasteiger partial charge in [0.05, 0.1) is 6.21 Å². The Morgan fingerprint density at radius 2 is 1.90 bits per heavy atom. The molecule has 0 saturated heterocycles. The van der Waals surface area contributed by atoms with Crippen molar-refractivity contribution in [2.45, 2.75) is 0 Å². The molecule has 1 N–H and O–H groups in total. The molecule has 2 aromatic carbocycles. The highest BCUT2D eigenvalue weighted by Gasteiger charge is 2.15. The maximum atomic E-state index is 11.9. The van der Waals surface area contributed by atoms with E-state index < -0.39 is 0 Å². The summed E-state index contributed by atoms with van der Waals surface area (Å²) in [6, 6.07) is 12.1. The Balaban J connectivity index is 1.65. The Hall–Kier alpha value is -2.53. The number of nitrogens with one attached hydrogen (secondary N) is 1. The van der Waals surface area contributed by atoms with Crippen molar-refractivity contribution in [1.82, 2.24) is 5.43 Å². The third-order valence-corrected chi connectivity index (χ3v) is 3.14. The molecule has 2 aromatic rings. The van der Waals surface area contributed by atoms with Gasteiger partial charge in [-0.05, 0) is 35.9 Å². The number of halogens is 1. The number of amides is 1. The van der Waals surface area contributed by atoms with Crippen LogP contribution in [-0.4, -0.2) is 18.9 Å². The van der Waals surface area contributed by atoms with Crippen molar-refractivity contribution in [3.63, 3.8) is 0 Å². The number of hydrogen-bond acceptors (Lipinski definition) is 4. The molecule has 0 saturated carbocycles. The van der Waals surface area contributed by atoms with Crippen molar-refractivity contribution in [2.75, 3.05) is 6.79 Å². The fourth-order valence-electron chi connectivity index (χ4n) is 1.82. The number of ether oxygens (including phenoxy) is 2. The van der Waals surface area contributed by atoms with Crippen molar-refractivity contribution in [1.29, 1.82) is 0 Å². The van der Waals surface area contributed by atoms with Crippen LogP contribution in [-0.2, 0) is 0 Å². The molecular formula is C15H11ClN2O3. The van der Waals surface area contributed by atoms with E-state index in [1.54, 1.807) is 48.7 Å². The molecule has 0 aromatic heterocycles. The second kappa shape index (κ2) is 5.85. The molecule has 0 radical (unpaired) electrons. The van der Waals surface area contributed by atoms with Crippen LogP contribution in [0.1, 0.15) is 15.9 Å². The van der Waals surface area contributed by atoms with Gasteiger partial charge >= 0.3 is 0 Å². The van der Waals surface area contributed by atoms with E-state index in [0.717, 1.165) is 5.56 Å². The zero-order valence-electron chi connectivity index (χ0n) is 10.9. The Morgan fingerprint density at radius 1 is 1.14 bits per heavy atom. The van der Waals surface area contributed by atoms with Crippen LogP contribution in [0.4, 0.5) is 0 Å². The zero-order chi connectivity index (χ0) is 14.7. The molecule has 0 fully saturated rings. The highest BCUT2D eigenvalue weighted by Crippen LogP contribution is 2.32.